The Morgan fingerprint density at radius 3 is 2.25 bits per heavy atom. The van der Waals surface area contributed by atoms with Crippen molar-refractivity contribution in [3.8, 4) is 11.5 Å². The summed E-state index contributed by atoms with van der Waals surface area (Å²) in [5.74, 6) is 0.837. The van der Waals surface area contributed by atoms with Crippen molar-refractivity contribution in [3.63, 3.8) is 0 Å². The molecular weight excluding hydrogens is 571 g/mol. The van der Waals surface area contributed by atoms with Gasteiger partial charge in [-0.15, -0.1) is 0 Å². The van der Waals surface area contributed by atoms with Gasteiger partial charge in [0.15, 0.2) is 5.11 Å². The number of carbonyl (C=O) groups excluding carboxylic acids is 2. The molecule has 0 saturated carbocycles. The first-order chi connectivity index (χ1) is 19.3. The van der Waals surface area contributed by atoms with Gasteiger partial charge in [0, 0.05) is 43.0 Å². The third-order valence-corrected chi connectivity index (χ3v) is 7.13. The number of hydrogen-bond acceptors (Lipinski definition) is 6. The number of thiocarbonyl (C=S) groups is 1. The van der Waals surface area contributed by atoms with Gasteiger partial charge in [-0.3, -0.25) is 14.9 Å². The molecule has 3 aromatic carbocycles. The number of carbonyl (C=O) groups is 2. The Balaban J connectivity index is 1.30. The number of nitrogens with zero attached hydrogens (tertiary/aromatic N) is 2. The molecule has 210 valence electrons. The van der Waals surface area contributed by atoms with E-state index in [0.717, 1.165) is 17.9 Å². The monoisotopic (exact) mass is 600 g/mol. The predicted octanol–water partition coefficient (Wildman–Crippen LogP) is 5.88. The number of rotatable bonds is 8. The number of ether oxygens (including phenoxy) is 2. The molecule has 0 aliphatic carbocycles. The van der Waals surface area contributed by atoms with Gasteiger partial charge in [0.05, 0.1) is 29.4 Å². The van der Waals surface area contributed by atoms with Crippen LogP contribution in [0.1, 0.15) is 34.1 Å². The first-order valence-electron chi connectivity index (χ1n) is 12.8. The molecule has 1 saturated heterocycles. The molecule has 1 heterocycles. The number of methoxy groups -OCH3 is 1. The first-order valence-corrected chi connectivity index (χ1v) is 14.0. The highest BCUT2D eigenvalue weighted by Crippen LogP contribution is 2.30. The van der Waals surface area contributed by atoms with E-state index in [1.807, 2.05) is 29.2 Å². The van der Waals surface area contributed by atoms with Crippen molar-refractivity contribution in [2.24, 2.45) is 0 Å². The SMILES string of the molecule is CCCOc1ccc(C(=O)N2CCN(c3ccc(NC(=S)NC(=O)c4ccc(OC)c(Cl)c4)cc3Cl)CC2)cc1. The summed E-state index contributed by atoms with van der Waals surface area (Å²) in [6.45, 7) is 5.15. The molecule has 0 unspecified atom stereocenters. The zero-order valence-electron chi connectivity index (χ0n) is 22.2. The third kappa shape index (κ3) is 7.35. The molecule has 0 spiro atoms. The molecule has 11 heteroatoms. The van der Waals surface area contributed by atoms with Crippen molar-refractivity contribution >= 4 is 63.7 Å². The summed E-state index contributed by atoms with van der Waals surface area (Å²) in [6.07, 6.45) is 0.932. The average Bonchev–Trinajstić information content (AvgIpc) is 2.96. The fourth-order valence-electron chi connectivity index (χ4n) is 4.23. The number of anilines is 2. The van der Waals surface area contributed by atoms with E-state index in [9.17, 15) is 9.59 Å². The zero-order chi connectivity index (χ0) is 28.6. The molecule has 2 amide bonds. The molecular formula is C29H30Cl2N4O4S. The maximum Gasteiger partial charge on any atom is 0.257 e. The molecule has 0 aromatic heterocycles. The van der Waals surface area contributed by atoms with E-state index in [2.05, 4.69) is 22.5 Å². The summed E-state index contributed by atoms with van der Waals surface area (Å²) in [6, 6.07) is 17.5. The lowest BCUT2D eigenvalue weighted by molar-refractivity contribution is 0.0746. The third-order valence-electron chi connectivity index (χ3n) is 6.33. The van der Waals surface area contributed by atoms with Crippen LogP contribution in [0.25, 0.3) is 0 Å². The second-order valence-corrected chi connectivity index (χ2v) is 10.3. The molecule has 0 atom stereocenters. The Labute approximate surface area is 249 Å². The van der Waals surface area contributed by atoms with Gasteiger partial charge in [-0.1, -0.05) is 30.1 Å². The number of halogens is 2. The Kier molecular flexibility index (Phi) is 10.1. The smallest absolute Gasteiger partial charge is 0.257 e. The highest BCUT2D eigenvalue weighted by molar-refractivity contribution is 7.80. The lowest BCUT2D eigenvalue weighted by atomic mass is 10.1. The maximum atomic E-state index is 13.0. The number of nitrogens with one attached hydrogen (secondary N) is 2. The second kappa shape index (κ2) is 13.7. The van der Waals surface area contributed by atoms with Crippen LogP contribution in [-0.2, 0) is 0 Å². The quantitative estimate of drug-likeness (QED) is 0.312. The highest BCUT2D eigenvalue weighted by atomic mass is 35.5. The minimum absolute atomic E-state index is 0.000178. The molecule has 2 N–H and O–H groups in total. The minimum atomic E-state index is -0.405. The van der Waals surface area contributed by atoms with Crippen LogP contribution in [0.15, 0.2) is 60.7 Å². The summed E-state index contributed by atoms with van der Waals surface area (Å²) in [5.41, 5.74) is 2.48. The fraction of sp³-hybridized carbons (Fsp3) is 0.276. The van der Waals surface area contributed by atoms with Crippen LogP contribution >= 0.6 is 35.4 Å². The normalized spacial score (nSPS) is 13.0. The van der Waals surface area contributed by atoms with E-state index >= 15 is 0 Å². The van der Waals surface area contributed by atoms with Gasteiger partial charge in [-0.2, -0.15) is 0 Å². The number of benzene rings is 3. The first kappa shape index (κ1) is 29.5. The summed E-state index contributed by atoms with van der Waals surface area (Å²) in [7, 11) is 1.50. The number of hydrogen-bond donors (Lipinski definition) is 2. The number of amides is 2. The summed E-state index contributed by atoms with van der Waals surface area (Å²) >= 11 is 18.0. The van der Waals surface area contributed by atoms with Gasteiger partial charge in [0.1, 0.15) is 11.5 Å². The van der Waals surface area contributed by atoms with E-state index in [-0.39, 0.29) is 11.0 Å². The van der Waals surface area contributed by atoms with E-state index in [4.69, 9.17) is 44.9 Å². The standard InChI is InChI=1S/C29H30Cl2N4O4S/c1-3-16-39-22-8-4-19(5-9-22)28(37)35-14-12-34(13-15-35)25-10-7-21(18-23(25)30)32-29(40)33-27(36)20-6-11-26(38-2)24(31)17-20/h4-11,17-18H,3,12-16H2,1-2H3,(H2,32,33,36,40). The molecule has 8 nitrogen and oxygen atoms in total. The Bertz CT molecular complexity index is 1380. The lowest BCUT2D eigenvalue weighted by Crippen LogP contribution is -2.48. The van der Waals surface area contributed by atoms with Crippen molar-refractivity contribution in [2.45, 2.75) is 13.3 Å². The van der Waals surface area contributed by atoms with E-state index < -0.39 is 5.91 Å². The average molecular weight is 602 g/mol. The Hall–Kier alpha value is -3.53. The summed E-state index contributed by atoms with van der Waals surface area (Å²) in [4.78, 5) is 29.5. The van der Waals surface area contributed by atoms with Crippen LogP contribution < -0.4 is 25.0 Å². The minimum Gasteiger partial charge on any atom is -0.495 e. The molecule has 0 bridgehead atoms. The van der Waals surface area contributed by atoms with Crippen LogP contribution in [-0.4, -0.2) is 61.7 Å². The van der Waals surface area contributed by atoms with E-state index in [1.54, 1.807) is 30.3 Å². The Morgan fingerprint density at radius 2 is 1.62 bits per heavy atom. The van der Waals surface area contributed by atoms with Crippen molar-refractivity contribution in [1.82, 2.24) is 10.2 Å². The fourth-order valence-corrected chi connectivity index (χ4v) is 5.00. The van der Waals surface area contributed by atoms with Gasteiger partial charge < -0.3 is 24.6 Å². The van der Waals surface area contributed by atoms with Crippen LogP contribution in [0.4, 0.5) is 11.4 Å². The molecule has 4 rings (SSSR count). The van der Waals surface area contributed by atoms with Crippen molar-refractivity contribution < 1.29 is 19.1 Å². The second-order valence-electron chi connectivity index (χ2n) is 9.08. The van der Waals surface area contributed by atoms with E-state index in [1.165, 1.54) is 13.2 Å². The van der Waals surface area contributed by atoms with Crippen LogP contribution in [0.2, 0.25) is 10.0 Å². The van der Waals surface area contributed by atoms with Gasteiger partial charge in [0.25, 0.3) is 11.8 Å². The molecule has 1 aliphatic heterocycles. The van der Waals surface area contributed by atoms with Crippen molar-refractivity contribution in [3.05, 3.63) is 81.8 Å². The van der Waals surface area contributed by atoms with Crippen molar-refractivity contribution in [1.29, 1.82) is 0 Å². The van der Waals surface area contributed by atoms with Gasteiger partial charge in [-0.25, -0.2) is 0 Å². The molecule has 40 heavy (non-hydrogen) atoms. The van der Waals surface area contributed by atoms with Gasteiger partial charge in [-0.05, 0) is 79.3 Å². The summed E-state index contributed by atoms with van der Waals surface area (Å²) < 4.78 is 10.7. The largest absolute Gasteiger partial charge is 0.495 e. The lowest BCUT2D eigenvalue weighted by Gasteiger charge is -2.36. The molecule has 1 fully saturated rings. The zero-order valence-corrected chi connectivity index (χ0v) is 24.5. The number of piperazine rings is 1. The molecule has 1 aliphatic rings. The van der Waals surface area contributed by atoms with Crippen LogP contribution in [0.5, 0.6) is 11.5 Å². The molecule has 3 aromatic rings. The van der Waals surface area contributed by atoms with E-state index in [0.29, 0.717) is 65.4 Å². The predicted molar refractivity (Wildman–Crippen MR) is 163 cm³/mol. The maximum absolute atomic E-state index is 13.0. The highest BCUT2D eigenvalue weighted by Gasteiger charge is 2.23. The van der Waals surface area contributed by atoms with Crippen molar-refractivity contribution in [2.75, 3.05) is 50.1 Å². The van der Waals surface area contributed by atoms with Crippen LogP contribution in [0.3, 0.4) is 0 Å². The Morgan fingerprint density at radius 1 is 0.925 bits per heavy atom. The molecule has 0 radical (unpaired) electrons. The van der Waals surface area contributed by atoms with Crippen LogP contribution in [0, 0.1) is 0 Å². The topological polar surface area (TPSA) is 83.1 Å². The van der Waals surface area contributed by atoms with Gasteiger partial charge >= 0.3 is 0 Å². The summed E-state index contributed by atoms with van der Waals surface area (Å²) in [5, 5.41) is 6.60. The van der Waals surface area contributed by atoms with Gasteiger partial charge in [0.2, 0.25) is 0 Å².